The molecule has 20 heavy (non-hydrogen) atoms. The molecule has 0 unspecified atom stereocenters. The predicted molar refractivity (Wildman–Crippen MR) is 69.3 cm³/mol. The number of esters is 4. The van der Waals surface area contributed by atoms with Gasteiger partial charge in [-0.2, -0.15) is 0 Å². The van der Waals surface area contributed by atoms with Crippen LogP contribution in [0, 0.1) is 0 Å². The average molecular weight is 284 g/mol. The van der Waals surface area contributed by atoms with E-state index in [4.69, 9.17) is 0 Å². The molecule has 0 aromatic rings. The van der Waals surface area contributed by atoms with E-state index in [-0.39, 0.29) is 5.57 Å². The van der Waals surface area contributed by atoms with E-state index in [1.165, 1.54) is 21.1 Å². The van der Waals surface area contributed by atoms with Gasteiger partial charge in [0.2, 0.25) is 0 Å². The fourth-order valence-electron chi connectivity index (χ4n) is 0.492. The smallest absolute Gasteiger partial charge is 0.340 e. The quantitative estimate of drug-likeness (QED) is 0.324. The highest BCUT2D eigenvalue weighted by Gasteiger charge is 2.06. The molecule has 0 saturated heterocycles. The Balaban J connectivity index is 0. The number of methoxy groups -OCH3 is 2. The molecule has 0 bridgehead atoms. The van der Waals surface area contributed by atoms with Gasteiger partial charge >= 0.3 is 23.9 Å². The van der Waals surface area contributed by atoms with Crippen molar-refractivity contribution in [1.29, 1.82) is 0 Å². The van der Waals surface area contributed by atoms with Gasteiger partial charge in [-0.15, -0.1) is 0 Å². The van der Waals surface area contributed by atoms with Gasteiger partial charge in [0.05, 0.1) is 14.2 Å². The number of ether oxygens (including phenoxy) is 3. The van der Waals surface area contributed by atoms with Gasteiger partial charge in [0.15, 0.2) is 0 Å². The third kappa shape index (κ3) is 11.8. The Hall–Kier alpha value is -2.70. The lowest BCUT2D eigenvalue weighted by Gasteiger charge is -1.95. The van der Waals surface area contributed by atoms with E-state index in [9.17, 15) is 19.2 Å². The van der Waals surface area contributed by atoms with Crippen LogP contribution >= 0.6 is 0 Å². The predicted octanol–water partition coefficient (Wildman–Crippen LogP) is 0.707. The van der Waals surface area contributed by atoms with Gasteiger partial charge in [-0.1, -0.05) is 13.2 Å². The van der Waals surface area contributed by atoms with Crippen molar-refractivity contribution in [1.82, 2.24) is 0 Å². The van der Waals surface area contributed by atoms with Gasteiger partial charge in [-0.05, 0) is 6.92 Å². The monoisotopic (exact) mass is 284 g/mol. The second kappa shape index (κ2) is 11.4. The van der Waals surface area contributed by atoms with Crippen molar-refractivity contribution >= 4 is 23.9 Å². The minimum Gasteiger partial charge on any atom is -0.466 e. The molecule has 0 aliphatic rings. The lowest BCUT2D eigenvalue weighted by Crippen LogP contribution is -2.09. The van der Waals surface area contributed by atoms with Crippen molar-refractivity contribution < 1.29 is 33.4 Å². The summed E-state index contributed by atoms with van der Waals surface area (Å²) in [5.41, 5.74) is 0.190. The Kier molecular flexibility index (Phi) is 11.2. The van der Waals surface area contributed by atoms with E-state index >= 15 is 0 Å². The van der Waals surface area contributed by atoms with Crippen LogP contribution in [0.15, 0.2) is 37.0 Å². The van der Waals surface area contributed by atoms with Crippen LogP contribution in [0.25, 0.3) is 0 Å². The summed E-state index contributed by atoms with van der Waals surface area (Å²) in [4.78, 5) is 41.5. The molecular formula is C13H16O7. The minimum atomic E-state index is -0.756. The van der Waals surface area contributed by atoms with Crippen molar-refractivity contribution in [2.24, 2.45) is 0 Å². The van der Waals surface area contributed by atoms with Crippen molar-refractivity contribution in [2.75, 3.05) is 14.2 Å². The van der Waals surface area contributed by atoms with Gasteiger partial charge in [0, 0.05) is 23.8 Å². The molecule has 0 saturated carbocycles. The Morgan fingerprint density at radius 2 is 1.30 bits per heavy atom. The standard InChI is InChI=1S/C7H8O3.C6H8O4/c1-4-6(8)10-7(9)5(2)3;1-9-5(7)3-4-6(8)10-2/h4H,1-2H2,3H3;3-4H,1-2H3/b;4-3+. The highest BCUT2D eigenvalue weighted by atomic mass is 16.6. The summed E-state index contributed by atoms with van der Waals surface area (Å²) in [5, 5.41) is 0. The molecule has 0 aromatic heterocycles. The number of rotatable bonds is 4. The van der Waals surface area contributed by atoms with E-state index in [1.807, 2.05) is 0 Å². The van der Waals surface area contributed by atoms with Crippen LogP contribution in [0.2, 0.25) is 0 Å². The minimum absolute atomic E-state index is 0.190. The second-order valence-corrected chi connectivity index (χ2v) is 3.07. The first-order valence-electron chi connectivity index (χ1n) is 5.16. The number of carbonyl (C=O) groups is 4. The fourth-order valence-corrected chi connectivity index (χ4v) is 0.492. The van der Waals surface area contributed by atoms with Crippen LogP contribution in [0.5, 0.6) is 0 Å². The summed E-state index contributed by atoms with van der Waals surface area (Å²) < 4.78 is 12.6. The SMILES string of the molecule is C=CC(=O)OC(=O)C(=C)C.COC(=O)/C=C/C(=O)OC. The van der Waals surface area contributed by atoms with E-state index in [0.717, 1.165) is 18.2 Å². The molecule has 0 aliphatic carbocycles. The van der Waals surface area contributed by atoms with Crippen LogP contribution < -0.4 is 0 Å². The fraction of sp³-hybridized carbons (Fsp3) is 0.231. The highest BCUT2D eigenvalue weighted by molar-refractivity contribution is 5.98. The lowest BCUT2D eigenvalue weighted by molar-refractivity contribution is -0.153. The molecule has 0 aliphatic heterocycles. The van der Waals surface area contributed by atoms with Crippen LogP contribution in [-0.4, -0.2) is 38.1 Å². The van der Waals surface area contributed by atoms with Gasteiger partial charge in [0.1, 0.15) is 0 Å². The summed E-state index contributed by atoms with van der Waals surface area (Å²) in [6, 6.07) is 0. The Bertz CT molecular complexity index is 414. The Morgan fingerprint density at radius 3 is 1.55 bits per heavy atom. The van der Waals surface area contributed by atoms with E-state index in [2.05, 4.69) is 27.4 Å². The second-order valence-electron chi connectivity index (χ2n) is 3.07. The molecule has 0 heterocycles. The molecule has 7 nitrogen and oxygen atoms in total. The summed E-state index contributed by atoms with van der Waals surface area (Å²) in [7, 11) is 2.45. The summed E-state index contributed by atoms with van der Waals surface area (Å²) in [6.07, 6.45) is 2.90. The van der Waals surface area contributed by atoms with Crippen LogP contribution in [0.1, 0.15) is 6.92 Å². The maximum atomic E-state index is 10.5. The zero-order chi connectivity index (χ0) is 16.1. The molecular weight excluding hydrogens is 268 g/mol. The summed E-state index contributed by atoms with van der Waals surface area (Å²) in [5.74, 6) is -2.63. The maximum Gasteiger partial charge on any atom is 0.340 e. The number of hydrogen-bond acceptors (Lipinski definition) is 7. The molecule has 0 N–H and O–H groups in total. The summed E-state index contributed by atoms with van der Waals surface area (Å²) in [6.45, 7) is 7.85. The molecule has 0 rings (SSSR count). The van der Waals surface area contributed by atoms with E-state index in [1.54, 1.807) is 0 Å². The molecule has 0 fully saturated rings. The lowest BCUT2D eigenvalue weighted by atomic mass is 10.4. The Morgan fingerprint density at radius 1 is 0.900 bits per heavy atom. The van der Waals surface area contributed by atoms with Crippen LogP contribution in [0.4, 0.5) is 0 Å². The topological polar surface area (TPSA) is 96.0 Å². The molecule has 0 amide bonds. The van der Waals surface area contributed by atoms with E-state index < -0.39 is 23.9 Å². The third-order valence-corrected chi connectivity index (χ3v) is 1.47. The Labute approximate surface area is 116 Å². The molecule has 0 atom stereocenters. The largest absolute Gasteiger partial charge is 0.466 e. The van der Waals surface area contributed by atoms with Crippen LogP contribution in [0.3, 0.4) is 0 Å². The van der Waals surface area contributed by atoms with Crippen molar-refractivity contribution in [2.45, 2.75) is 6.92 Å². The molecule has 0 radical (unpaired) electrons. The number of hydrogen-bond donors (Lipinski definition) is 0. The van der Waals surface area contributed by atoms with Crippen molar-refractivity contribution in [3.8, 4) is 0 Å². The molecule has 0 spiro atoms. The molecule has 110 valence electrons. The van der Waals surface area contributed by atoms with Gasteiger partial charge in [0.25, 0.3) is 0 Å². The first-order chi connectivity index (χ1) is 9.28. The van der Waals surface area contributed by atoms with Crippen LogP contribution in [-0.2, 0) is 33.4 Å². The van der Waals surface area contributed by atoms with Gasteiger partial charge in [-0.25, -0.2) is 19.2 Å². The normalized spacial score (nSPS) is 8.75. The first-order valence-corrected chi connectivity index (χ1v) is 5.16. The molecule has 7 heteroatoms. The third-order valence-electron chi connectivity index (χ3n) is 1.47. The van der Waals surface area contributed by atoms with E-state index in [0.29, 0.717) is 0 Å². The van der Waals surface area contributed by atoms with Gasteiger partial charge < -0.3 is 14.2 Å². The van der Waals surface area contributed by atoms with Crippen molar-refractivity contribution in [3.63, 3.8) is 0 Å². The average Bonchev–Trinajstić information content (AvgIpc) is 2.44. The molecule has 0 aromatic carbocycles. The number of carbonyl (C=O) groups excluding carboxylic acids is 4. The zero-order valence-electron chi connectivity index (χ0n) is 11.5. The first kappa shape index (κ1) is 19.6. The van der Waals surface area contributed by atoms with Gasteiger partial charge in [-0.3, -0.25) is 0 Å². The maximum absolute atomic E-state index is 10.5. The van der Waals surface area contributed by atoms with Crippen molar-refractivity contribution in [3.05, 3.63) is 37.0 Å². The highest BCUT2D eigenvalue weighted by Crippen LogP contribution is 1.92. The summed E-state index contributed by atoms with van der Waals surface area (Å²) >= 11 is 0. The zero-order valence-corrected chi connectivity index (χ0v) is 11.5.